The molecule has 6 nitrogen and oxygen atoms in total. The van der Waals surface area contributed by atoms with Gasteiger partial charge >= 0.3 is 5.97 Å². The molecule has 1 aliphatic rings. The first-order valence-corrected chi connectivity index (χ1v) is 10.6. The summed E-state index contributed by atoms with van der Waals surface area (Å²) >= 11 is 0. The van der Waals surface area contributed by atoms with Crippen molar-refractivity contribution in [3.63, 3.8) is 0 Å². The molecule has 1 amide bonds. The summed E-state index contributed by atoms with van der Waals surface area (Å²) in [6.45, 7) is 2.76. The van der Waals surface area contributed by atoms with Gasteiger partial charge in [-0.2, -0.15) is 0 Å². The van der Waals surface area contributed by atoms with Gasteiger partial charge in [0.25, 0.3) is 5.91 Å². The van der Waals surface area contributed by atoms with Crippen molar-refractivity contribution in [1.82, 2.24) is 9.88 Å². The second-order valence-electron chi connectivity index (χ2n) is 7.88. The van der Waals surface area contributed by atoms with Gasteiger partial charge in [0.15, 0.2) is 11.9 Å². The summed E-state index contributed by atoms with van der Waals surface area (Å²) in [5, 5.41) is 0.666. The van der Waals surface area contributed by atoms with Gasteiger partial charge in [-0.3, -0.25) is 4.79 Å². The number of rotatable bonds is 4. The molecule has 32 heavy (non-hydrogen) atoms. The van der Waals surface area contributed by atoms with E-state index in [4.69, 9.17) is 9.15 Å². The molecule has 6 heteroatoms. The Morgan fingerprint density at radius 1 is 1.03 bits per heavy atom. The summed E-state index contributed by atoms with van der Waals surface area (Å²) in [4.78, 5) is 32.5. The van der Waals surface area contributed by atoms with Crippen LogP contribution in [0.25, 0.3) is 22.4 Å². The number of ether oxygens (including phenoxy) is 1. The molecule has 0 N–H and O–H groups in total. The van der Waals surface area contributed by atoms with Crippen LogP contribution in [0.1, 0.15) is 28.4 Å². The van der Waals surface area contributed by atoms with E-state index in [1.165, 1.54) is 5.56 Å². The summed E-state index contributed by atoms with van der Waals surface area (Å²) in [5.74, 6) is -0.201. The van der Waals surface area contributed by atoms with E-state index in [0.717, 1.165) is 12.0 Å². The third kappa shape index (κ3) is 3.75. The molecule has 2 aromatic carbocycles. The number of aromatic nitrogens is 1. The quantitative estimate of drug-likeness (QED) is 0.445. The molecule has 1 atom stereocenters. The molecule has 160 valence electrons. The van der Waals surface area contributed by atoms with Gasteiger partial charge in [0.1, 0.15) is 5.69 Å². The number of fused-ring (bicyclic) bond motifs is 2. The topological polar surface area (TPSA) is 72.6 Å². The van der Waals surface area contributed by atoms with E-state index >= 15 is 0 Å². The van der Waals surface area contributed by atoms with Crippen LogP contribution < -0.4 is 0 Å². The number of carbonyl (C=O) groups excluding carboxylic acids is 2. The molecule has 1 unspecified atom stereocenters. The van der Waals surface area contributed by atoms with Gasteiger partial charge in [0.2, 0.25) is 0 Å². The number of carbonyl (C=O) groups is 2. The van der Waals surface area contributed by atoms with Gasteiger partial charge in [-0.05, 0) is 48.7 Å². The summed E-state index contributed by atoms with van der Waals surface area (Å²) in [6.07, 6.45) is 1.46. The summed E-state index contributed by atoms with van der Waals surface area (Å²) in [5.41, 5.74) is 3.93. The fourth-order valence-corrected chi connectivity index (χ4v) is 4.11. The van der Waals surface area contributed by atoms with Gasteiger partial charge in [-0.1, -0.05) is 42.5 Å². The number of benzene rings is 2. The van der Waals surface area contributed by atoms with Crippen molar-refractivity contribution in [1.29, 1.82) is 0 Å². The third-order valence-electron chi connectivity index (χ3n) is 5.78. The van der Waals surface area contributed by atoms with Crippen LogP contribution in [-0.4, -0.2) is 34.4 Å². The fraction of sp³-hybridized carbons (Fsp3) is 0.192. The molecule has 5 rings (SSSR count). The lowest BCUT2D eigenvalue weighted by Crippen LogP contribution is -2.42. The Balaban J connectivity index is 1.38. The van der Waals surface area contributed by atoms with E-state index in [0.29, 0.717) is 41.0 Å². The summed E-state index contributed by atoms with van der Waals surface area (Å²) in [7, 11) is 0. The van der Waals surface area contributed by atoms with Gasteiger partial charge in [0, 0.05) is 18.5 Å². The molecule has 4 aromatic rings. The predicted molar refractivity (Wildman–Crippen MR) is 120 cm³/mol. The SMILES string of the molecule is CC(OC(=O)c1cc(-c2ccco2)nc2ccccc12)C(=O)N1CCc2ccccc2C1. The van der Waals surface area contributed by atoms with Crippen molar-refractivity contribution in [3.8, 4) is 11.5 Å². The van der Waals surface area contributed by atoms with Crippen molar-refractivity contribution < 1.29 is 18.7 Å². The van der Waals surface area contributed by atoms with Crippen molar-refractivity contribution in [2.75, 3.05) is 6.54 Å². The van der Waals surface area contributed by atoms with Crippen LogP contribution in [0.3, 0.4) is 0 Å². The highest BCUT2D eigenvalue weighted by Gasteiger charge is 2.28. The minimum Gasteiger partial charge on any atom is -0.463 e. The maximum Gasteiger partial charge on any atom is 0.339 e. The number of para-hydroxylation sites is 1. The van der Waals surface area contributed by atoms with E-state index in [1.807, 2.05) is 42.5 Å². The molecule has 3 heterocycles. The van der Waals surface area contributed by atoms with Crippen molar-refractivity contribution >= 4 is 22.8 Å². The minimum absolute atomic E-state index is 0.197. The molecule has 0 aliphatic carbocycles. The number of nitrogens with zero attached hydrogens (tertiary/aromatic N) is 2. The molecular formula is C26H22N2O4. The zero-order chi connectivity index (χ0) is 22.1. The fourth-order valence-electron chi connectivity index (χ4n) is 4.11. The predicted octanol–water partition coefficient (Wildman–Crippen LogP) is 4.63. The summed E-state index contributed by atoms with van der Waals surface area (Å²) < 4.78 is 11.1. The largest absolute Gasteiger partial charge is 0.463 e. The zero-order valence-corrected chi connectivity index (χ0v) is 17.7. The van der Waals surface area contributed by atoms with Crippen LogP contribution in [0.15, 0.2) is 77.4 Å². The lowest BCUT2D eigenvalue weighted by molar-refractivity contribution is -0.140. The maximum absolute atomic E-state index is 13.1. The average molecular weight is 426 g/mol. The van der Waals surface area contributed by atoms with E-state index in [-0.39, 0.29) is 5.91 Å². The van der Waals surface area contributed by atoms with Crippen LogP contribution in [0.4, 0.5) is 0 Å². The van der Waals surface area contributed by atoms with Gasteiger partial charge < -0.3 is 14.1 Å². The highest BCUT2D eigenvalue weighted by atomic mass is 16.5. The molecule has 0 radical (unpaired) electrons. The number of esters is 1. The molecule has 0 saturated carbocycles. The number of furan rings is 1. The second kappa shape index (κ2) is 8.30. The Kier molecular flexibility index (Phi) is 5.19. The molecule has 1 aliphatic heterocycles. The molecule has 2 aromatic heterocycles. The zero-order valence-electron chi connectivity index (χ0n) is 17.7. The lowest BCUT2D eigenvalue weighted by Gasteiger charge is -2.30. The van der Waals surface area contributed by atoms with E-state index < -0.39 is 12.1 Å². The number of hydrogen-bond acceptors (Lipinski definition) is 5. The number of amides is 1. The van der Waals surface area contributed by atoms with Crippen LogP contribution >= 0.6 is 0 Å². The van der Waals surface area contributed by atoms with Crippen LogP contribution in [-0.2, 0) is 22.5 Å². The smallest absolute Gasteiger partial charge is 0.339 e. The number of hydrogen-bond donors (Lipinski definition) is 0. The summed E-state index contributed by atoms with van der Waals surface area (Å²) in [6, 6.07) is 20.7. The second-order valence-corrected chi connectivity index (χ2v) is 7.88. The monoisotopic (exact) mass is 426 g/mol. The van der Waals surface area contributed by atoms with Crippen LogP contribution in [0, 0.1) is 0 Å². The Hall–Kier alpha value is -3.93. The standard InChI is InChI=1S/C26H22N2O4/c1-17(25(29)28-13-12-18-7-2-3-8-19(18)16-28)32-26(30)21-15-23(24-11-6-14-31-24)27-22-10-5-4-9-20(21)22/h2-11,14-15,17H,12-13,16H2,1H3. The number of pyridine rings is 1. The first-order valence-electron chi connectivity index (χ1n) is 10.6. The maximum atomic E-state index is 13.1. The van der Waals surface area contributed by atoms with E-state index in [2.05, 4.69) is 11.1 Å². The molecule has 0 bridgehead atoms. The highest BCUT2D eigenvalue weighted by Crippen LogP contribution is 2.26. The van der Waals surface area contributed by atoms with Gasteiger partial charge in [0.05, 0.1) is 17.3 Å². The van der Waals surface area contributed by atoms with E-state index in [1.54, 1.807) is 36.3 Å². The normalized spacial score (nSPS) is 14.1. The Morgan fingerprint density at radius 2 is 1.81 bits per heavy atom. The molecule has 0 spiro atoms. The molecule has 0 saturated heterocycles. The first-order chi connectivity index (χ1) is 15.6. The van der Waals surface area contributed by atoms with Crippen molar-refractivity contribution in [2.24, 2.45) is 0 Å². The van der Waals surface area contributed by atoms with Crippen molar-refractivity contribution in [3.05, 3.63) is 89.7 Å². The van der Waals surface area contributed by atoms with Gasteiger partial charge in [-0.25, -0.2) is 9.78 Å². The Morgan fingerprint density at radius 3 is 2.62 bits per heavy atom. The average Bonchev–Trinajstić information content (AvgIpc) is 3.37. The lowest BCUT2D eigenvalue weighted by atomic mass is 9.99. The Labute approximate surface area is 185 Å². The van der Waals surface area contributed by atoms with Gasteiger partial charge in [-0.15, -0.1) is 0 Å². The first kappa shape index (κ1) is 20.0. The minimum atomic E-state index is -0.897. The highest BCUT2D eigenvalue weighted by molar-refractivity contribution is 6.05. The van der Waals surface area contributed by atoms with Crippen LogP contribution in [0.2, 0.25) is 0 Å². The van der Waals surface area contributed by atoms with Crippen LogP contribution in [0.5, 0.6) is 0 Å². The molecule has 0 fully saturated rings. The van der Waals surface area contributed by atoms with E-state index in [9.17, 15) is 9.59 Å². The Bertz CT molecular complexity index is 1300. The molecular weight excluding hydrogens is 404 g/mol. The van der Waals surface area contributed by atoms with Crippen molar-refractivity contribution in [2.45, 2.75) is 26.0 Å². The third-order valence-corrected chi connectivity index (χ3v) is 5.78.